The Labute approximate surface area is 324 Å². The number of anilines is 2. The molecule has 2 aliphatic carbocycles. The predicted molar refractivity (Wildman–Crippen MR) is 237 cm³/mol. The minimum Gasteiger partial charge on any atom is -0.340 e. The van der Waals surface area contributed by atoms with Crippen LogP contribution in [0.5, 0.6) is 0 Å². The van der Waals surface area contributed by atoms with Crippen LogP contribution in [0.25, 0.3) is 69.9 Å². The van der Waals surface area contributed by atoms with Gasteiger partial charge in [-0.25, -0.2) is 0 Å². The molecule has 1 heteroatoms. The molecule has 0 saturated carbocycles. The van der Waals surface area contributed by atoms with E-state index in [1.807, 2.05) is 0 Å². The van der Waals surface area contributed by atoms with Gasteiger partial charge in [-0.05, 0) is 120 Å². The van der Waals surface area contributed by atoms with Crippen molar-refractivity contribution in [1.82, 2.24) is 0 Å². The average molecular weight is 704 g/mol. The molecule has 0 amide bonds. The Morgan fingerprint density at radius 2 is 0.709 bits per heavy atom. The molecule has 1 heterocycles. The van der Waals surface area contributed by atoms with Gasteiger partial charge in [-0.1, -0.05) is 172 Å². The van der Waals surface area contributed by atoms with Gasteiger partial charge in [-0.15, -0.1) is 0 Å². The van der Waals surface area contributed by atoms with Gasteiger partial charge in [-0.2, -0.15) is 0 Å². The van der Waals surface area contributed by atoms with E-state index in [1.54, 1.807) is 0 Å². The third-order valence-electron chi connectivity index (χ3n) is 11.2. The normalized spacial score (nSPS) is 13.3. The number of benzene rings is 7. The summed E-state index contributed by atoms with van der Waals surface area (Å²) in [4.78, 5) is 2.56. The van der Waals surface area contributed by atoms with Crippen LogP contribution in [0.4, 0.5) is 11.4 Å². The Bertz CT molecular complexity index is 2480. The smallest absolute Gasteiger partial charge is 0.0491 e. The topological polar surface area (TPSA) is 3.24 Å². The highest BCUT2D eigenvalue weighted by Crippen LogP contribution is 2.49. The summed E-state index contributed by atoms with van der Waals surface area (Å²) < 4.78 is 0. The van der Waals surface area contributed by atoms with Gasteiger partial charge in [0.25, 0.3) is 0 Å². The lowest BCUT2D eigenvalue weighted by Crippen LogP contribution is -2.23. The van der Waals surface area contributed by atoms with E-state index < -0.39 is 0 Å². The quantitative estimate of drug-likeness (QED) is 0.176. The van der Waals surface area contributed by atoms with Crippen LogP contribution in [-0.4, -0.2) is 6.54 Å². The van der Waals surface area contributed by atoms with Gasteiger partial charge < -0.3 is 4.90 Å². The molecule has 7 aromatic rings. The van der Waals surface area contributed by atoms with Gasteiger partial charge >= 0.3 is 0 Å². The van der Waals surface area contributed by atoms with Crippen LogP contribution in [0, 0.1) is 5.92 Å². The highest BCUT2D eigenvalue weighted by atomic mass is 15.1. The largest absolute Gasteiger partial charge is 0.340 e. The van der Waals surface area contributed by atoms with Crippen LogP contribution >= 0.6 is 0 Å². The van der Waals surface area contributed by atoms with E-state index in [4.69, 9.17) is 0 Å². The molecule has 10 rings (SSSR count). The van der Waals surface area contributed by atoms with E-state index in [1.165, 1.54) is 100 Å². The highest BCUT2D eigenvalue weighted by Gasteiger charge is 2.26. The fraction of sp³-hybridized carbons (Fsp3) is 0.0741. The molecule has 0 spiro atoms. The fourth-order valence-electron chi connectivity index (χ4n) is 8.68. The lowest BCUT2D eigenvalue weighted by atomic mass is 9.89. The molecule has 55 heavy (non-hydrogen) atoms. The van der Waals surface area contributed by atoms with Gasteiger partial charge in [-0.3, -0.25) is 0 Å². The lowest BCUT2D eigenvalue weighted by molar-refractivity contribution is 0.652. The Balaban J connectivity index is 1.15. The monoisotopic (exact) mass is 703 g/mol. The first kappa shape index (κ1) is 32.9. The van der Waals surface area contributed by atoms with Crippen molar-refractivity contribution in [2.45, 2.75) is 13.8 Å². The van der Waals surface area contributed by atoms with Crippen LogP contribution in [0.1, 0.15) is 69.5 Å². The Hall–Kier alpha value is -6.70. The van der Waals surface area contributed by atoms with Gasteiger partial charge in [0.1, 0.15) is 0 Å². The zero-order valence-corrected chi connectivity index (χ0v) is 31.2. The van der Waals surface area contributed by atoms with Gasteiger partial charge in [0.15, 0.2) is 0 Å². The Kier molecular flexibility index (Phi) is 8.15. The summed E-state index contributed by atoms with van der Waals surface area (Å²) in [5.74, 6) is 0.462. The maximum atomic E-state index is 2.56. The van der Waals surface area contributed by atoms with E-state index >= 15 is 0 Å². The summed E-state index contributed by atoms with van der Waals surface area (Å²) in [6.45, 7) is 5.55. The number of nitrogens with zero attached hydrogens (tertiary/aromatic N) is 1. The van der Waals surface area contributed by atoms with Crippen molar-refractivity contribution >= 4 is 59.0 Å². The van der Waals surface area contributed by atoms with Gasteiger partial charge in [0, 0.05) is 29.0 Å². The minimum absolute atomic E-state index is 0.462. The van der Waals surface area contributed by atoms with Crippen molar-refractivity contribution in [3.8, 4) is 22.3 Å². The number of hydrogen-bond acceptors (Lipinski definition) is 1. The van der Waals surface area contributed by atoms with Gasteiger partial charge in [0.05, 0.1) is 0 Å². The van der Waals surface area contributed by atoms with Crippen molar-refractivity contribution < 1.29 is 0 Å². The number of fused-ring (bicyclic) bond motifs is 9. The molecule has 0 fully saturated rings. The molecule has 0 unspecified atom stereocenters. The van der Waals surface area contributed by atoms with E-state index in [0.717, 1.165) is 6.54 Å². The molecule has 0 aromatic heterocycles. The zero-order valence-electron chi connectivity index (χ0n) is 31.2. The summed E-state index contributed by atoms with van der Waals surface area (Å²) in [5, 5.41) is 0. The average Bonchev–Trinajstić information content (AvgIpc) is 3.53. The molecule has 0 bridgehead atoms. The molecule has 0 atom stereocenters. The van der Waals surface area contributed by atoms with E-state index in [9.17, 15) is 0 Å². The summed E-state index contributed by atoms with van der Waals surface area (Å²) >= 11 is 0. The molecular weight excluding hydrogens is 663 g/mol. The number of hydrogen-bond donors (Lipinski definition) is 0. The Morgan fingerprint density at radius 3 is 1.05 bits per heavy atom. The second-order valence-corrected chi connectivity index (χ2v) is 15.2. The summed E-state index contributed by atoms with van der Waals surface area (Å²) in [5.41, 5.74) is 22.4. The molecular formula is C54H41N. The molecule has 1 aliphatic heterocycles. The molecule has 0 N–H and O–H groups in total. The molecule has 262 valence electrons. The van der Waals surface area contributed by atoms with Crippen LogP contribution in [0.15, 0.2) is 158 Å². The first-order chi connectivity index (χ1) is 27.1. The summed E-state index contributed by atoms with van der Waals surface area (Å²) in [6.07, 6.45) is 13.8. The SMILES string of the molecule is CC(C)CN1c2ccc(C=C3c4ccccc4C=Cc4ccccc43)cc2-c2ccccc2-c2cc(C=C3c4ccccc4C=Cc4ccccc43)ccc21. The predicted octanol–water partition coefficient (Wildman–Crippen LogP) is 14.3. The maximum absolute atomic E-state index is 2.56. The first-order valence-corrected chi connectivity index (χ1v) is 19.4. The van der Waals surface area contributed by atoms with Crippen molar-refractivity contribution in [2.75, 3.05) is 11.4 Å². The van der Waals surface area contributed by atoms with E-state index in [2.05, 4.69) is 213 Å². The van der Waals surface area contributed by atoms with Crippen LogP contribution in [0.3, 0.4) is 0 Å². The molecule has 0 saturated heterocycles. The molecule has 0 radical (unpaired) electrons. The van der Waals surface area contributed by atoms with Crippen LogP contribution in [-0.2, 0) is 0 Å². The third kappa shape index (κ3) is 5.90. The van der Waals surface area contributed by atoms with E-state index in [-0.39, 0.29) is 0 Å². The fourth-order valence-corrected chi connectivity index (χ4v) is 8.68. The summed E-state index contributed by atoms with van der Waals surface area (Å²) in [7, 11) is 0. The third-order valence-corrected chi connectivity index (χ3v) is 11.2. The van der Waals surface area contributed by atoms with Gasteiger partial charge in [0.2, 0.25) is 0 Å². The van der Waals surface area contributed by atoms with Crippen molar-refractivity contribution in [3.05, 3.63) is 213 Å². The lowest BCUT2D eigenvalue weighted by Gasteiger charge is -2.29. The molecule has 1 nitrogen and oxygen atoms in total. The van der Waals surface area contributed by atoms with E-state index in [0.29, 0.717) is 5.92 Å². The highest BCUT2D eigenvalue weighted by molar-refractivity contribution is 6.05. The second-order valence-electron chi connectivity index (χ2n) is 15.2. The van der Waals surface area contributed by atoms with Crippen molar-refractivity contribution in [1.29, 1.82) is 0 Å². The van der Waals surface area contributed by atoms with Crippen LogP contribution < -0.4 is 4.90 Å². The zero-order chi connectivity index (χ0) is 36.9. The maximum Gasteiger partial charge on any atom is 0.0491 e. The summed E-state index contributed by atoms with van der Waals surface area (Å²) in [6, 6.07) is 58.1. The molecule has 7 aromatic carbocycles. The Morgan fingerprint density at radius 1 is 0.382 bits per heavy atom. The van der Waals surface area contributed by atoms with Crippen molar-refractivity contribution in [3.63, 3.8) is 0 Å². The first-order valence-electron chi connectivity index (χ1n) is 19.4. The minimum atomic E-state index is 0.462. The number of rotatable bonds is 4. The van der Waals surface area contributed by atoms with Crippen molar-refractivity contribution in [2.24, 2.45) is 5.92 Å². The van der Waals surface area contributed by atoms with Crippen LogP contribution in [0.2, 0.25) is 0 Å². The second kappa shape index (κ2) is 13.6. The molecule has 3 aliphatic rings. The standard InChI is InChI=1S/C54H41N/c1-36(2)35-55-53-29-23-37(31-49-43-17-7-3-13-39(43)25-26-40-14-4-8-18-44(40)49)33-51(53)47-21-11-12-22-48(47)52-34-38(24-30-54(52)55)32-50-45-19-9-5-15-41(45)27-28-42-16-6-10-20-46(42)50/h3-34,36H,35H2,1-2H3.